The summed E-state index contributed by atoms with van der Waals surface area (Å²) in [6.07, 6.45) is 2.84. The van der Waals surface area contributed by atoms with E-state index < -0.39 is 24.2 Å². The Labute approximate surface area is 187 Å². The van der Waals surface area contributed by atoms with Crippen LogP contribution in [0.3, 0.4) is 0 Å². The van der Waals surface area contributed by atoms with Crippen LogP contribution in [-0.2, 0) is 0 Å². The molecule has 4 aromatic rings. The first-order chi connectivity index (χ1) is 14.9. The molecule has 0 amide bonds. The molecular weight excluding hydrogens is 494 g/mol. The average molecular weight is 522 g/mol. The molecule has 0 aliphatic carbocycles. The summed E-state index contributed by atoms with van der Waals surface area (Å²) in [5, 5.41) is 2.94. The quantitative estimate of drug-likeness (QED) is 0.313. The third-order valence-corrected chi connectivity index (χ3v) is 29.5. The van der Waals surface area contributed by atoms with E-state index in [-0.39, 0.29) is 0 Å². The van der Waals surface area contributed by atoms with Gasteiger partial charge in [-0.2, -0.15) is 0 Å². The van der Waals surface area contributed by atoms with E-state index in [0.717, 1.165) is 0 Å². The van der Waals surface area contributed by atoms with Crippen LogP contribution in [0, 0.1) is 0 Å². The Morgan fingerprint density at radius 2 is 0.767 bits per heavy atom. The summed E-state index contributed by atoms with van der Waals surface area (Å²) in [5.74, 6) is 0. The van der Waals surface area contributed by atoms with Crippen LogP contribution in [0.4, 0.5) is 0 Å². The summed E-state index contributed by atoms with van der Waals surface area (Å²) in [6.45, 7) is 0. The van der Waals surface area contributed by atoms with Crippen molar-refractivity contribution in [2.75, 3.05) is 0 Å². The molecule has 2 atom stereocenters. The van der Waals surface area contributed by atoms with Crippen molar-refractivity contribution < 1.29 is 0 Å². The van der Waals surface area contributed by atoms with Gasteiger partial charge in [-0.25, -0.2) is 0 Å². The van der Waals surface area contributed by atoms with Crippen molar-refractivity contribution in [2.45, 2.75) is 23.5 Å². The Morgan fingerprint density at radius 3 is 1.20 bits per heavy atom. The van der Waals surface area contributed by atoms with E-state index >= 15 is 0 Å². The standard InChI is InChI=1S/C28H28Se2/c1-3-13-23(14-4-1)25-17-7-9-19-27(25)29-21-11-12-22-30(29)28-20-10-8-18-26(28)24-15-5-2-6-16-24/h1-10,13-20,29-30H,11-12,21-22H2. The SMILES string of the molecule is c1ccc(-c2ccccc2[SeH]2CCCC[SeH]2c2ccccc2-c2ccccc2)cc1. The molecule has 1 saturated heterocycles. The number of hydrogen-bond donors (Lipinski definition) is 0. The number of rotatable bonds is 4. The van der Waals surface area contributed by atoms with Gasteiger partial charge in [0.1, 0.15) is 0 Å². The van der Waals surface area contributed by atoms with Crippen LogP contribution in [-0.4, -0.2) is 24.2 Å². The first-order valence-corrected chi connectivity index (χ1v) is 20.5. The van der Waals surface area contributed by atoms with Gasteiger partial charge in [-0.05, 0) is 0 Å². The Balaban J connectivity index is 1.61. The van der Waals surface area contributed by atoms with Crippen molar-refractivity contribution in [1.82, 2.24) is 0 Å². The molecule has 0 radical (unpaired) electrons. The zero-order valence-electron chi connectivity index (χ0n) is 17.1. The van der Waals surface area contributed by atoms with Crippen molar-refractivity contribution >= 4 is 33.1 Å². The first-order valence-electron chi connectivity index (χ1n) is 10.8. The molecule has 4 aromatic carbocycles. The fraction of sp³-hybridized carbons (Fsp3) is 0.143. The van der Waals surface area contributed by atoms with Crippen molar-refractivity contribution in [2.24, 2.45) is 0 Å². The summed E-state index contributed by atoms with van der Waals surface area (Å²) >= 11 is -2.26. The predicted octanol–water partition coefficient (Wildman–Crippen LogP) is 5.46. The van der Waals surface area contributed by atoms with Crippen molar-refractivity contribution in [3.8, 4) is 22.3 Å². The van der Waals surface area contributed by atoms with Gasteiger partial charge in [-0.15, -0.1) is 0 Å². The fourth-order valence-corrected chi connectivity index (χ4v) is 30.6. The van der Waals surface area contributed by atoms with Crippen LogP contribution < -0.4 is 8.92 Å². The molecule has 2 heteroatoms. The normalized spacial score (nSPS) is 21.2. The number of hydrogen-bond acceptors (Lipinski definition) is 0. The second-order valence-corrected chi connectivity index (χ2v) is 25.5. The molecule has 30 heavy (non-hydrogen) atoms. The van der Waals surface area contributed by atoms with Gasteiger partial charge in [0.05, 0.1) is 0 Å². The molecule has 1 aliphatic rings. The maximum absolute atomic E-state index is 2.47. The second kappa shape index (κ2) is 9.38. The molecule has 5 rings (SSSR count). The van der Waals surface area contributed by atoms with E-state index in [1.165, 1.54) is 45.7 Å². The number of benzene rings is 4. The Bertz CT molecular complexity index is 1010. The Hall–Kier alpha value is -2.08. The van der Waals surface area contributed by atoms with Gasteiger partial charge >= 0.3 is 188 Å². The van der Waals surface area contributed by atoms with Crippen molar-refractivity contribution in [3.05, 3.63) is 109 Å². The summed E-state index contributed by atoms with van der Waals surface area (Å²) in [7, 11) is 0. The predicted molar refractivity (Wildman–Crippen MR) is 136 cm³/mol. The molecule has 1 fully saturated rings. The van der Waals surface area contributed by atoms with Gasteiger partial charge < -0.3 is 0 Å². The zero-order chi connectivity index (χ0) is 20.2. The zero-order valence-corrected chi connectivity index (χ0v) is 20.9. The van der Waals surface area contributed by atoms with Gasteiger partial charge in [0.15, 0.2) is 0 Å². The van der Waals surface area contributed by atoms with Gasteiger partial charge in [0, 0.05) is 0 Å². The van der Waals surface area contributed by atoms with Gasteiger partial charge in [-0.3, -0.25) is 0 Å². The minimum absolute atomic E-state index is 1.13. The van der Waals surface area contributed by atoms with Crippen LogP contribution in [0.2, 0.25) is 10.6 Å². The van der Waals surface area contributed by atoms with Crippen molar-refractivity contribution in [3.63, 3.8) is 0 Å². The Morgan fingerprint density at radius 1 is 0.400 bits per heavy atom. The van der Waals surface area contributed by atoms with Crippen LogP contribution in [0.1, 0.15) is 12.8 Å². The van der Waals surface area contributed by atoms with E-state index in [0.29, 0.717) is 0 Å². The van der Waals surface area contributed by atoms with Crippen LogP contribution in [0.5, 0.6) is 0 Å². The Kier molecular flexibility index (Phi) is 6.21. The molecule has 0 bridgehead atoms. The third-order valence-electron chi connectivity index (χ3n) is 5.82. The summed E-state index contributed by atoms with van der Waals surface area (Å²) < 4.78 is 3.44. The molecule has 1 heterocycles. The summed E-state index contributed by atoms with van der Waals surface area (Å²) in [4.78, 5) is 0. The first kappa shape index (κ1) is 19.9. The molecule has 0 N–H and O–H groups in total. The van der Waals surface area contributed by atoms with Crippen LogP contribution in [0.15, 0.2) is 109 Å². The molecule has 0 saturated carbocycles. The van der Waals surface area contributed by atoms with Gasteiger partial charge in [0.25, 0.3) is 0 Å². The molecule has 0 nitrogen and oxygen atoms in total. The van der Waals surface area contributed by atoms with Crippen LogP contribution >= 0.6 is 0 Å². The van der Waals surface area contributed by atoms with E-state index in [2.05, 4.69) is 109 Å². The molecule has 2 unspecified atom stereocenters. The molecular formula is C28H28Se2. The molecule has 1 aliphatic heterocycles. The topological polar surface area (TPSA) is 0 Å². The fourth-order valence-electron chi connectivity index (χ4n) is 4.39. The van der Waals surface area contributed by atoms with Crippen molar-refractivity contribution in [1.29, 1.82) is 0 Å². The maximum atomic E-state index is 2.47. The molecule has 152 valence electrons. The monoisotopic (exact) mass is 524 g/mol. The van der Waals surface area contributed by atoms with Crippen LogP contribution in [0.25, 0.3) is 22.3 Å². The van der Waals surface area contributed by atoms with E-state index in [1.54, 1.807) is 8.92 Å². The van der Waals surface area contributed by atoms with Gasteiger partial charge in [0.2, 0.25) is 0 Å². The van der Waals surface area contributed by atoms with E-state index in [4.69, 9.17) is 0 Å². The molecule has 0 aromatic heterocycles. The summed E-state index contributed by atoms with van der Waals surface area (Å²) in [6, 6.07) is 40.8. The van der Waals surface area contributed by atoms with E-state index in [9.17, 15) is 0 Å². The minimum atomic E-state index is -1.13. The third kappa shape index (κ3) is 4.07. The summed E-state index contributed by atoms with van der Waals surface area (Å²) in [5.41, 5.74) is 5.77. The molecule has 0 spiro atoms. The average Bonchev–Trinajstić information content (AvgIpc) is 2.85. The van der Waals surface area contributed by atoms with Gasteiger partial charge in [-0.1, -0.05) is 0 Å². The van der Waals surface area contributed by atoms with E-state index in [1.807, 2.05) is 0 Å². The second-order valence-electron chi connectivity index (χ2n) is 7.72.